The van der Waals surface area contributed by atoms with Crippen molar-refractivity contribution in [1.82, 2.24) is 36.3 Å². The largest absolute Gasteiger partial charge is 0.492 e. The number of carbonyl (C=O) groups is 3. The van der Waals surface area contributed by atoms with Gasteiger partial charge in [-0.05, 0) is 62.3 Å². The Labute approximate surface area is 272 Å². The molecule has 0 spiro atoms. The number of halogens is 3. The molecule has 0 saturated heterocycles. The maximum absolute atomic E-state index is 13.7. The van der Waals surface area contributed by atoms with E-state index >= 15 is 0 Å². The molecule has 0 radical (unpaired) electrons. The summed E-state index contributed by atoms with van der Waals surface area (Å²) < 4.78 is 47.9. The average Bonchev–Trinajstić information content (AvgIpc) is 3.34. The van der Waals surface area contributed by atoms with Crippen LogP contribution in [-0.2, 0) is 39.9 Å². The number of ether oxygens (including phenoxy) is 1. The summed E-state index contributed by atoms with van der Waals surface area (Å²) in [6, 6.07) is 9.21. The fraction of sp³-hybridized carbons (Fsp3) is 0.485. The Balaban J connectivity index is 1.63. The normalized spacial score (nSPS) is 20.7. The number of nitrogens with one attached hydrogen (secondary N) is 4. The van der Waals surface area contributed by atoms with Crippen LogP contribution in [0.4, 0.5) is 13.2 Å². The van der Waals surface area contributed by atoms with Crippen LogP contribution in [-0.4, -0.2) is 70.5 Å². The van der Waals surface area contributed by atoms with E-state index in [1.165, 1.54) is 16.8 Å². The minimum absolute atomic E-state index is 0.0133. The van der Waals surface area contributed by atoms with E-state index in [9.17, 15) is 27.6 Å². The van der Waals surface area contributed by atoms with Crippen molar-refractivity contribution in [3.8, 4) is 5.75 Å². The van der Waals surface area contributed by atoms with Crippen LogP contribution in [0.5, 0.6) is 5.75 Å². The highest BCUT2D eigenvalue weighted by molar-refractivity contribution is 5.93. The van der Waals surface area contributed by atoms with Gasteiger partial charge >= 0.3 is 6.18 Å². The van der Waals surface area contributed by atoms with E-state index in [0.717, 1.165) is 23.4 Å². The van der Waals surface area contributed by atoms with E-state index in [1.807, 2.05) is 31.2 Å². The average molecular weight is 658 g/mol. The summed E-state index contributed by atoms with van der Waals surface area (Å²) in [6.07, 6.45) is -3.40. The molecule has 4 rings (SSSR count). The quantitative estimate of drug-likeness (QED) is 0.331. The maximum atomic E-state index is 13.7. The Hall–Kier alpha value is -4.46. The number of nitrogens with zero attached hydrogens (tertiary/aromatic N) is 3. The summed E-state index contributed by atoms with van der Waals surface area (Å²) in [4.78, 5) is 40.8. The van der Waals surface area contributed by atoms with Crippen molar-refractivity contribution >= 4 is 17.7 Å². The first-order chi connectivity index (χ1) is 22.3. The summed E-state index contributed by atoms with van der Waals surface area (Å²) in [6.45, 7) is 7.84. The van der Waals surface area contributed by atoms with Crippen LogP contribution in [0.25, 0.3) is 0 Å². The molecular weight excluding hydrogens is 615 g/mol. The number of hydrogen-bond donors (Lipinski definition) is 4. The first-order valence-corrected chi connectivity index (χ1v) is 15.7. The van der Waals surface area contributed by atoms with Gasteiger partial charge in [0.15, 0.2) is 0 Å². The van der Waals surface area contributed by atoms with Crippen LogP contribution >= 0.6 is 0 Å². The standard InChI is InChI=1S/C33H42F3N7O4/c1-20(2)29-32(46)39-27(19-43-22(4)21(3)41-42-43)30(44)38-14-8-11-24-10-5-6-13-28(24)47-16-15-37-26(31(45)40-29)18-23-9-7-12-25(17-23)33(34,35)36/h5-7,9-10,12-13,17,20,26-27,29,37H,8,11,14-16,18-19H2,1-4H3,(H,38,44)(H,39,46)(H,40,45)/t26-,27+,29-/m1/s1. The number of aromatic nitrogens is 3. The maximum Gasteiger partial charge on any atom is 0.416 e. The van der Waals surface area contributed by atoms with Gasteiger partial charge in [0.1, 0.15) is 24.4 Å². The van der Waals surface area contributed by atoms with Crippen molar-refractivity contribution in [2.45, 2.75) is 77.8 Å². The van der Waals surface area contributed by atoms with Crippen LogP contribution in [0.2, 0.25) is 0 Å². The molecule has 3 atom stereocenters. The second-order valence-corrected chi connectivity index (χ2v) is 12.0. The Morgan fingerprint density at radius 1 is 0.957 bits per heavy atom. The summed E-state index contributed by atoms with van der Waals surface area (Å²) >= 11 is 0. The van der Waals surface area contributed by atoms with Crippen molar-refractivity contribution in [1.29, 1.82) is 0 Å². The van der Waals surface area contributed by atoms with Gasteiger partial charge in [0.25, 0.3) is 0 Å². The number of rotatable bonds is 5. The molecular formula is C33H42F3N7O4. The van der Waals surface area contributed by atoms with E-state index in [4.69, 9.17) is 4.74 Å². The lowest BCUT2D eigenvalue weighted by atomic mass is 9.99. The van der Waals surface area contributed by atoms with Crippen LogP contribution in [0.3, 0.4) is 0 Å². The Kier molecular flexibility index (Phi) is 12.0. The molecule has 3 amide bonds. The van der Waals surface area contributed by atoms with E-state index in [0.29, 0.717) is 36.4 Å². The predicted molar refractivity (Wildman–Crippen MR) is 168 cm³/mol. The van der Waals surface area contributed by atoms with Crippen molar-refractivity contribution < 1.29 is 32.3 Å². The summed E-state index contributed by atoms with van der Waals surface area (Å²) in [5.74, 6) is -1.32. The molecule has 0 fully saturated rings. The van der Waals surface area contributed by atoms with Gasteiger partial charge in [-0.15, -0.1) is 5.10 Å². The Morgan fingerprint density at radius 3 is 2.43 bits per heavy atom. The van der Waals surface area contributed by atoms with Crippen LogP contribution in [0.1, 0.15) is 48.3 Å². The highest BCUT2D eigenvalue weighted by atomic mass is 19.4. The van der Waals surface area contributed by atoms with Crippen LogP contribution < -0.4 is 26.0 Å². The van der Waals surface area contributed by atoms with E-state index < -0.39 is 53.5 Å². The number of amides is 3. The third-order valence-corrected chi connectivity index (χ3v) is 8.10. The van der Waals surface area contributed by atoms with Crippen molar-refractivity contribution in [2.24, 2.45) is 5.92 Å². The lowest BCUT2D eigenvalue weighted by molar-refractivity contribution is -0.137. The second kappa shape index (κ2) is 15.9. The molecule has 0 aliphatic carbocycles. The van der Waals surface area contributed by atoms with Gasteiger partial charge in [-0.25, -0.2) is 4.68 Å². The molecule has 254 valence electrons. The lowest BCUT2D eigenvalue weighted by Gasteiger charge is -2.28. The third kappa shape index (κ3) is 9.77. The lowest BCUT2D eigenvalue weighted by Crippen LogP contribution is -2.59. The molecule has 0 bridgehead atoms. The molecule has 4 N–H and O–H groups in total. The summed E-state index contributed by atoms with van der Waals surface area (Å²) in [5.41, 5.74) is 1.82. The minimum atomic E-state index is -4.54. The SMILES string of the molecule is Cc1nnn(C[C@@H]2NC(=O)[C@@H](C(C)C)NC(=O)[C@@H](Cc3cccc(C(F)(F)F)c3)NCCOc3ccccc3CCCNC2=O)c1C. The van der Waals surface area contributed by atoms with Gasteiger partial charge < -0.3 is 26.0 Å². The smallest absolute Gasteiger partial charge is 0.416 e. The molecule has 2 heterocycles. The van der Waals surface area contributed by atoms with E-state index in [-0.39, 0.29) is 26.1 Å². The zero-order chi connectivity index (χ0) is 34.1. The fourth-order valence-corrected chi connectivity index (χ4v) is 5.26. The molecule has 11 nitrogen and oxygen atoms in total. The number of benzene rings is 2. The molecule has 0 saturated carbocycles. The minimum Gasteiger partial charge on any atom is -0.492 e. The zero-order valence-electron chi connectivity index (χ0n) is 27.0. The third-order valence-electron chi connectivity index (χ3n) is 8.10. The molecule has 14 heteroatoms. The number of alkyl halides is 3. The van der Waals surface area contributed by atoms with Crippen molar-refractivity contribution in [2.75, 3.05) is 19.7 Å². The number of fused-ring (bicyclic) bond motifs is 1. The fourth-order valence-electron chi connectivity index (χ4n) is 5.26. The molecule has 3 aromatic rings. The van der Waals surface area contributed by atoms with Crippen molar-refractivity contribution in [3.05, 3.63) is 76.6 Å². The molecule has 1 aliphatic heterocycles. The van der Waals surface area contributed by atoms with Gasteiger partial charge in [-0.1, -0.05) is 55.5 Å². The van der Waals surface area contributed by atoms with Gasteiger partial charge in [0.05, 0.1) is 29.5 Å². The van der Waals surface area contributed by atoms with Gasteiger partial charge in [-0.2, -0.15) is 13.2 Å². The first kappa shape index (κ1) is 35.4. The number of aryl methyl sites for hydroxylation is 2. The molecule has 1 aromatic heterocycles. The van der Waals surface area contributed by atoms with E-state index in [2.05, 4.69) is 31.6 Å². The monoisotopic (exact) mass is 657 g/mol. The van der Waals surface area contributed by atoms with Crippen LogP contribution in [0.15, 0.2) is 48.5 Å². The first-order valence-electron chi connectivity index (χ1n) is 15.7. The van der Waals surface area contributed by atoms with Gasteiger partial charge in [0, 0.05) is 13.1 Å². The highest BCUT2D eigenvalue weighted by Crippen LogP contribution is 2.30. The molecule has 47 heavy (non-hydrogen) atoms. The topological polar surface area (TPSA) is 139 Å². The summed E-state index contributed by atoms with van der Waals surface area (Å²) in [5, 5.41) is 19.7. The number of para-hydroxylation sites is 1. The van der Waals surface area contributed by atoms with Gasteiger partial charge in [0.2, 0.25) is 17.7 Å². The zero-order valence-corrected chi connectivity index (χ0v) is 27.0. The molecule has 1 aliphatic rings. The summed E-state index contributed by atoms with van der Waals surface area (Å²) in [7, 11) is 0. The van der Waals surface area contributed by atoms with Gasteiger partial charge in [-0.3, -0.25) is 14.4 Å². The number of carbonyl (C=O) groups excluding carboxylic acids is 3. The number of hydrogen-bond acceptors (Lipinski definition) is 7. The van der Waals surface area contributed by atoms with Crippen LogP contribution in [0, 0.1) is 19.8 Å². The van der Waals surface area contributed by atoms with E-state index in [1.54, 1.807) is 20.8 Å². The highest BCUT2D eigenvalue weighted by Gasteiger charge is 2.33. The predicted octanol–water partition coefficient (Wildman–Crippen LogP) is 2.88. The molecule has 0 unspecified atom stereocenters. The van der Waals surface area contributed by atoms with Crippen molar-refractivity contribution in [3.63, 3.8) is 0 Å². The Bertz CT molecular complexity index is 1540. The molecule has 2 aromatic carbocycles. The Morgan fingerprint density at radius 2 is 1.72 bits per heavy atom. The second-order valence-electron chi connectivity index (χ2n) is 12.0.